The molecule has 2 aliphatic rings. The third-order valence-electron chi connectivity index (χ3n) is 5.86. The van der Waals surface area contributed by atoms with Crippen LogP contribution in [0.1, 0.15) is 43.5 Å². The number of imidazole rings is 1. The van der Waals surface area contributed by atoms with Crippen molar-refractivity contribution in [3.63, 3.8) is 0 Å². The Balaban J connectivity index is 1.31. The number of amides is 1. The normalized spacial score (nSPS) is 19.7. The van der Waals surface area contributed by atoms with Crippen LogP contribution >= 0.6 is 0 Å². The van der Waals surface area contributed by atoms with Crippen molar-refractivity contribution in [3.8, 4) is 0 Å². The molecule has 5 rings (SSSR count). The number of ether oxygens (including phenoxy) is 1. The van der Waals surface area contributed by atoms with E-state index < -0.39 is 5.60 Å². The smallest absolute Gasteiger partial charge is 0.407 e. The summed E-state index contributed by atoms with van der Waals surface area (Å²) in [7, 11) is 1.97. The Morgan fingerprint density at radius 2 is 2.00 bits per heavy atom. The Bertz CT molecular complexity index is 1230. The minimum absolute atomic E-state index is 0.0349. The third kappa shape index (κ3) is 4.48. The second-order valence-corrected chi connectivity index (χ2v) is 9.72. The molecule has 1 amide bonds. The monoisotopic (exact) mass is 447 g/mol. The van der Waals surface area contributed by atoms with Gasteiger partial charge in [-0.25, -0.2) is 14.8 Å². The summed E-state index contributed by atoms with van der Waals surface area (Å²) < 4.78 is 7.46. The number of nitrogens with zero attached hydrogens (tertiary/aromatic N) is 5. The largest absolute Gasteiger partial charge is 0.444 e. The lowest BCUT2D eigenvalue weighted by Crippen LogP contribution is -2.39. The van der Waals surface area contributed by atoms with Crippen LogP contribution in [0.3, 0.4) is 0 Å². The molecule has 0 saturated carbocycles. The summed E-state index contributed by atoms with van der Waals surface area (Å²) in [5.74, 6) is 0.906. The fourth-order valence-corrected chi connectivity index (χ4v) is 4.45. The van der Waals surface area contributed by atoms with Crippen LogP contribution in [0.25, 0.3) is 5.65 Å². The number of carbonyl (C=O) groups excluding carboxylic acids is 1. The first-order valence-electron chi connectivity index (χ1n) is 11.2. The van der Waals surface area contributed by atoms with E-state index in [0.717, 1.165) is 36.4 Å². The van der Waals surface area contributed by atoms with Crippen LogP contribution in [0.5, 0.6) is 0 Å². The molecule has 0 radical (unpaired) electrons. The molecule has 0 fully saturated rings. The Morgan fingerprint density at radius 1 is 1.18 bits per heavy atom. The molecule has 1 aliphatic carbocycles. The van der Waals surface area contributed by atoms with Gasteiger partial charge in [-0.15, -0.1) is 0 Å². The van der Waals surface area contributed by atoms with E-state index in [4.69, 9.17) is 4.74 Å². The molecular weight excluding hydrogens is 418 g/mol. The van der Waals surface area contributed by atoms with Crippen LogP contribution in [0, 0.1) is 0 Å². The Hall–Kier alpha value is -3.62. The maximum Gasteiger partial charge on any atom is 0.407 e. The van der Waals surface area contributed by atoms with Gasteiger partial charge in [-0.2, -0.15) is 5.10 Å². The highest BCUT2D eigenvalue weighted by Gasteiger charge is 2.26. The summed E-state index contributed by atoms with van der Waals surface area (Å²) >= 11 is 0. The lowest BCUT2D eigenvalue weighted by Gasteiger charge is -2.21. The van der Waals surface area contributed by atoms with Gasteiger partial charge < -0.3 is 15.4 Å². The van der Waals surface area contributed by atoms with Crippen molar-refractivity contribution in [1.29, 1.82) is 0 Å². The highest BCUT2D eigenvalue weighted by Crippen LogP contribution is 2.29. The zero-order chi connectivity index (χ0) is 23.2. The Morgan fingerprint density at radius 3 is 2.76 bits per heavy atom. The van der Waals surface area contributed by atoms with E-state index in [-0.39, 0.29) is 18.1 Å². The number of hydrazone groups is 1. The van der Waals surface area contributed by atoms with Gasteiger partial charge >= 0.3 is 6.09 Å². The SMILES string of the molecule is CN1CC(c2cnc3c(Nc4ccc5c(c4)CC(NC(=O)OC(C)(C)C)C5)nccn23)C=N1. The number of hydrogen-bond donors (Lipinski definition) is 2. The van der Waals surface area contributed by atoms with Crippen molar-refractivity contribution in [3.05, 3.63) is 53.6 Å². The van der Waals surface area contributed by atoms with Gasteiger partial charge in [-0.1, -0.05) is 6.07 Å². The standard InChI is InChI=1S/C24H29N7O2/c1-24(2,3)33-23(32)29-19-9-15-5-6-18(10-16(15)11-19)28-21-22-26-13-20(31(22)8-7-25-21)17-12-27-30(4)14-17/h5-8,10,12-13,17,19H,9,11,14H2,1-4H3,(H,25,28)(H,29,32). The number of rotatable bonds is 4. The van der Waals surface area contributed by atoms with Crippen molar-refractivity contribution in [2.45, 2.75) is 51.2 Å². The van der Waals surface area contributed by atoms with E-state index in [1.165, 1.54) is 11.1 Å². The molecule has 2 aromatic heterocycles. The molecule has 0 bridgehead atoms. The quantitative estimate of drug-likeness (QED) is 0.636. The molecule has 3 aromatic rings. The van der Waals surface area contributed by atoms with Gasteiger partial charge in [0, 0.05) is 43.9 Å². The fourth-order valence-electron chi connectivity index (χ4n) is 4.45. The summed E-state index contributed by atoms with van der Waals surface area (Å²) in [5.41, 5.74) is 4.75. The van der Waals surface area contributed by atoms with E-state index in [1.54, 1.807) is 6.20 Å². The molecule has 9 nitrogen and oxygen atoms in total. The Labute approximate surface area is 192 Å². The molecular formula is C24H29N7O2. The third-order valence-corrected chi connectivity index (χ3v) is 5.86. The average molecular weight is 448 g/mol. The molecule has 2 unspecified atom stereocenters. The molecule has 2 N–H and O–H groups in total. The van der Waals surface area contributed by atoms with Gasteiger partial charge in [-0.3, -0.25) is 9.41 Å². The number of fused-ring (bicyclic) bond motifs is 2. The van der Waals surface area contributed by atoms with Crippen molar-refractivity contribution < 1.29 is 9.53 Å². The highest BCUT2D eigenvalue weighted by molar-refractivity contribution is 5.74. The summed E-state index contributed by atoms with van der Waals surface area (Å²) in [5, 5.41) is 12.7. The molecule has 172 valence electrons. The van der Waals surface area contributed by atoms with E-state index in [2.05, 4.69) is 42.2 Å². The molecule has 0 saturated heterocycles. The van der Waals surface area contributed by atoms with Gasteiger partial charge in [0.25, 0.3) is 0 Å². The van der Waals surface area contributed by atoms with Crippen LogP contribution in [0.2, 0.25) is 0 Å². The average Bonchev–Trinajstić information content (AvgIpc) is 3.44. The molecule has 0 spiro atoms. The second-order valence-electron chi connectivity index (χ2n) is 9.72. The van der Waals surface area contributed by atoms with Crippen molar-refractivity contribution in [1.82, 2.24) is 24.7 Å². The molecule has 2 atom stereocenters. The highest BCUT2D eigenvalue weighted by atomic mass is 16.6. The van der Waals surface area contributed by atoms with Gasteiger partial charge in [-0.05, 0) is 56.9 Å². The summed E-state index contributed by atoms with van der Waals surface area (Å²) in [4.78, 5) is 21.3. The van der Waals surface area contributed by atoms with Crippen LogP contribution in [0.4, 0.5) is 16.3 Å². The first-order valence-corrected chi connectivity index (χ1v) is 11.2. The molecule has 1 aliphatic heterocycles. The number of likely N-dealkylation sites (N-methyl/N-ethyl adjacent to an activating group) is 1. The van der Waals surface area contributed by atoms with E-state index in [9.17, 15) is 4.79 Å². The molecule has 9 heteroatoms. The van der Waals surface area contributed by atoms with E-state index >= 15 is 0 Å². The first-order chi connectivity index (χ1) is 15.7. The first kappa shape index (κ1) is 21.2. The van der Waals surface area contributed by atoms with Crippen LogP contribution in [0.15, 0.2) is 41.9 Å². The van der Waals surface area contributed by atoms with Crippen LogP contribution in [-0.4, -0.2) is 56.9 Å². The van der Waals surface area contributed by atoms with Gasteiger partial charge in [0.15, 0.2) is 11.5 Å². The second kappa shape index (κ2) is 8.06. The van der Waals surface area contributed by atoms with E-state index in [1.807, 2.05) is 57.5 Å². The summed E-state index contributed by atoms with van der Waals surface area (Å²) in [6, 6.07) is 6.31. The number of alkyl carbamates (subject to hydrolysis) is 1. The van der Waals surface area contributed by atoms with Gasteiger partial charge in [0.05, 0.1) is 17.8 Å². The number of carbonyl (C=O) groups is 1. The van der Waals surface area contributed by atoms with E-state index in [0.29, 0.717) is 5.82 Å². The topological polar surface area (TPSA) is 96.2 Å². The fraction of sp³-hybridized carbons (Fsp3) is 0.417. The maximum absolute atomic E-state index is 12.1. The summed E-state index contributed by atoms with van der Waals surface area (Å²) in [6.45, 7) is 6.43. The number of anilines is 2. The zero-order valence-corrected chi connectivity index (χ0v) is 19.4. The maximum atomic E-state index is 12.1. The Kier molecular flexibility index (Phi) is 5.19. The zero-order valence-electron chi connectivity index (χ0n) is 19.4. The minimum Gasteiger partial charge on any atom is -0.444 e. The van der Waals surface area contributed by atoms with Gasteiger partial charge in [0.1, 0.15) is 5.60 Å². The van der Waals surface area contributed by atoms with Crippen LogP contribution in [-0.2, 0) is 17.6 Å². The lowest BCUT2D eigenvalue weighted by atomic mass is 10.1. The van der Waals surface area contributed by atoms with Gasteiger partial charge in [0.2, 0.25) is 0 Å². The molecule has 1 aromatic carbocycles. The minimum atomic E-state index is -0.506. The number of benzene rings is 1. The lowest BCUT2D eigenvalue weighted by molar-refractivity contribution is 0.0506. The predicted molar refractivity (Wildman–Crippen MR) is 127 cm³/mol. The summed E-state index contributed by atoms with van der Waals surface area (Å²) in [6.07, 6.45) is 8.76. The van der Waals surface area contributed by atoms with Crippen molar-refractivity contribution in [2.24, 2.45) is 5.10 Å². The number of aromatic nitrogens is 3. The molecule has 3 heterocycles. The van der Waals surface area contributed by atoms with Crippen molar-refractivity contribution >= 4 is 29.5 Å². The number of hydrogen-bond acceptors (Lipinski definition) is 7. The predicted octanol–water partition coefficient (Wildman–Crippen LogP) is 3.48. The van der Waals surface area contributed by atoms with Crippen molar-refractivity contribution in [2.75, 3.05) is 18.9 Å². The van der Waals surface area contributed by atoms with Crippen LogP contribution < -0.4 is 10.6 Å². The number of nitrogens with one attached hydrogen (secondary N) is 2. The molecule has 33 heavy (non-hydrogen) atoms.